The number of methoxy groups -OCH3 is 1. The molecule has 0 radical (unpaired) electrons. The molecule has 3 nitrogen and oxygen atoms in total. The highest BCUT2D eigenvalue weighted by atomic mass is 19.1. The molecule has 0 amide bonds. The van der Waals surface area contributed by atoms with Crippen molar-refractivity contribution in [3.8, 4) is 5.75 Å². The minimum atomic E-state index is -0.123. The zero-order valence-electron chi connectivity index (χ0n) is 13.4. The van der Waals surface area contributed by atoms with Gasteiger partial charge in [-0.2, -0.15) is 0 Å². The van der Waals surface area contributed by atoms with E-state index >= 15 is 0 Å². The summed E-state index contributed by atoms with van der Waals surface area (Å²) in [6, 6.07) is 5.22. The topological polar surface area (TPSA) is 24.5 Å². The van der Waals surface area contributed by atoms with Gasteiger partial charge in [0.15, 0.2) is 0 Å². The Balaban J connectivity index is 2.33. The summed E-state index contributed by atoms with van der Waals surface area (Å²) >= 11 is 0. The summed E-state index contributed by atoms with van der Waals surface area (Å²) in [5, 5.41) is 3.37. The SMILES string of the molecule is CCCC(C)[C@H](c1cc(OC)ccc1F)N1CCNCC1. The lowest BCUT2D eigenvalue weighted by molar-refractivity contribution is 0.123. The van der Waals surface area contributed by atoms with Crippen LogP contribution in [0.15, 0.2) is 18.2 Å². The summed E-state index contributed by atoms with van der Waals surface area (Å²) < 4.78 is 19.7. The van der Waals surface area contributed by atoms with E-state index < -0.39 is 0 Å². The van der Waals surface area contributed by atoms with Gasteiger partial charge >= 0.3 is 0 Å². The highest BCUT2D eigenvalue weighted by Gasteiger charge is 2.29. The summed E-state index contributed by atoms with van der Waals surface area (Å²) in [6.07, 6.45) is 2.22. The van der Waals surface area contributed by atoms with Crippen LogP contribution in [-0.2, 0) is 0 Å². The number of ether oxygens (including phenoxy) is 1. The maximum Gasteiger partial charge on any atom is 0.128 e. The quantitative estimate of drug-likeness (QED) is 0.872. The molecule has 1 unspecified atom stereocenters. The van der Waals surface area contributed by atoms with Crippen molar-refractivity contribution < 1.29 is 9.13 Å². The fourth-order valence-electron chi connectivity index (χ4n) is 3.31. The first-order valence-electron chi connectivity index (χ1n) is 7.95. The minimum absolute atomic E-state index is 0.123. The zero-order valence-corrected chi connectivity index (χ0v) is 13.4. The molecule has 2 atom stereocenters. The number of benzene rings is 1. The van der Waals surface area contributed by atoms with Crippen LogP contribution < -0.4 is 10.1 Å². The second kappa shape index (κ2) is 7.76. The molecule has 0 spiro atoms. The monoisotopic (exact) mass is 294 g/mol. The van der Waals surface area contributed by atoms with Gasteiger partial charge in [-0.25, -0.2) is 4.39 Å². The normalized spacial score (nSPS) is 19.2. The lowest BCUT2D eigenvalue weighted by Gasteiger charge is -2.39. The largest absolute Gasteiger partial charge is 0.497 e. The zero-order chi connectivity index (χ0) is 15.2. The number of piperazine rings is 1. The molecule has 1 fully saturated rings. The van der Waals surface area contributed by atoms with Gasteiger partial charge in [0.2, 0.25) is 0 Å². The standard InChI is InChI=1S/C17H27FN2O/c1-4-5-13(2)17(20-10-8-19-9-11-20)15-12-14(21-3)6-7-16(15)18/h6-7,12-13,17,19H,4-5,8-11H2,1-3H3/t13?,17-/m1/s1. The van der Waals surface area contributed by atoms with Gasteiger partial charge in [0, 0.05) is 37.8 Å². The van der Waals surface area contributed by atoms with Crippen molar-refractivity contribution in [1.29, 1.82) is 0 Å². The average molecular weight is 294 g/mol. The number of nitrogens with one attached hydrogen (secondary N) is 1. The smallest absolute Gasteiger partial charge is 0.128 e. The van der Waals surface area contributed by atoms with Gasteiger partial charge in [0.1, 0.15) is 11.6 Å². The fraction of sp³-hybridized carbons (Fsp3) is 0.647. The van der Waals surface area contributed by atoms with Gasteiger partial charge in [-0.3, -0.25) is 4.90 Å². The molecule has 2 rings (SSSR count). The van der Waals surface area contributed by atoms with E-state index in [-0.39, 0.29) is 11.9 Å². The third-order valence-electron chi connectivity index (χ3n) is 4.35. The van der Waals surface area contributed by atoms with E-state index in [9.17, 15) is 4.39 Å². The Labute approximate surface area is 127 Å². The van der Waals surface area contributed by atoms with E-state index in [0.29, 0.717) is 5.92 Å². The van der Waals surface area contributed by atoms with Crippen LogP contribution in [0.2, 0.25) is 0 Å². The number of halogens is 1. The van der Waals surface area contributed by atoms with Crippen molar-refractivity contribution in [1.82, 2.24) is 10.2 Å². The molecule has 21 heavy (non-hydrogen) atoms. The average Bonchev–Trinajstić information content (AvgIpc) is 2.51. The second-order valence-corrected chi connectivity index (χ2v) is 5.88. The molecule has 1 aromatic carbocycles. The molecule has 1 N–H and O–H groups in total. The van der Waals surface area contributed by atoms with Crippen LogP contribution in [0, 0.1) is 11.7 Å². The third-order valence-corrected chi connectivity index (χ3v) is 4.35. The van der Waals surface area contributed by atoms with E-state index in [2.05, 4.69) is 24.1 Å². The Kier molecular flexibility index (Phi) is 6.00. The first-order chi connectivity index (χ1) is 10.2. The van der Waals surface area contributed by atoms with E-state index in [1.54, 1.807) is 13.2 Å². The number of rotatable bonds is 6. The molecule has 1 saturated heterocycles. The van der Waals surface area contributed by atoms with Crippen LogP contribution in [0.4, 0.5) is 4.39 Å². The van der Waals surface area contributed by atoms with Gasteiger partial charge in [-0.1, -0.05) is 20.3 Å². The molecule has 0 aromatic heterocycles. The summed E-state index contributed by atoms with van der Waals surface area (Å²) in [7, 11) is 1.63. The molecular formula is C17H27FN2O. The highest BCUT2D eigenvalue weighted by molar-refractivity contribution is 5.32. The van der Waals surface area contributed by atoms with Crippen molar-refractivity contribution in [2.45, 2.75) is 32.7 Å². The van der Waals surface area contributed by atoms with E-state index in [1.165, 1.54) is 6.07 Å². The predicted octanol–water partition coefficient (Wildman–Crippen LogP) is 3.22. The molecule has 1 aromatic rings. The van der Waals surface area contributed by atoms with Gasteiger partial charge in [-0.05, 0) is 30.5 Å². The lowest BCUT2D eigenvalue weighted by atomic mass is 9.88. The number of hydrogen-bond donors (Lipinski definition) is 1. The Morgan fingerprint density at radius 1 is 1.33 bits per heavy atom. The van der Waals surface area contributed by atoms with Crippen molar-refractivity contribution in [2.24, 2.45) is 5.92 Å². The molecule has 0 bridgehead atoms. The maximum atomic E-state index is 14.4. The molecular weight excluding hydrogens is 267 g/mol. The summed E-state index contributed by atoms with van der Waals surface area (Å²) in [5.74, 6) is 1.03. The van der Waals surface area contributed by atoms with Gasteiger partial charge in [-0.15, -0.1) is 0 Å². The Hall–Kier alpha value is -1.13. The highest BCUT2D eigenvalue weighted by Crippen LogP contribution is 2.35. The van der Waals surface area contributed by atoms with Gasteiger partial charge in [0.05, 0.1) is 7.11 Å². The third kappa shape index (κ3) is 3.95. The van der Waals surface area contributed by atoms with E-state index in [4.69, 9.17) is 4.74 Å². The minimum Gasteiger partial charge on any atom is -0.497 e. The molecule has 1 heterocycles. The van der Waals surface area contributed by atoms with Crippen molar-refractivity contribution in [2.75, 3.05) is 33.3 Å². The maximum absolute atomic E-state index is 14.4. The second-order valence-electron chi connectivity index (χ2n) is 5.88. The van der Waals surface area contributed by atoms with Crippen LogP contribution in [0.1, 0.15) is 38.3 Å². The molecule has 1 aliphatic heterocycles. The first kappa shape index (κ1) is 16.2. The Morgan fingerprint density at radius 3 is 2.67 bits per heavy atom. The Morgan fingerprint density at radius 2 is 2.05 bits per heavy atom. The lowest BCUT2D eigenvalue weighted by Crippen LogP contribution is -2.46. The molecule has 118 valence electrons. The molecule has 4 heteroatoms. The van der Waals surface area contributed by atoms with Gasteiger partial charge in [0.25, 0.3) is 0 Å². The van der Waals surface area contributed by atoms with Crippen molar-refractivity contribution in [3.05, 3.63) is 29.6 Å². The molecule has 1 aliphatic rings. The summed E-state index contributed by atoms with van der Waals surface area (Å²) in [4.78, 5) is 2.41. The van der Waals surface area contributed by atoms with E-state index in [0.717, 1.165) is 50.3 Å². The summed E-state index contributed by atoms with van der Waals surface area (Å²) in [5.41, 5.74) is 0.775. The number of nitrogens with zero attached hydrogens (tertiary/aromatic N) is 1. The van der Waals surface area contributed by atoms with Crippen LogP contribution >= 0.6 is 0 Å². The van der Waals surface area contributed by atoms with Crippen LogP contribution in [0.3, 0.4) is 0 Å². The fourth-order valence-corrected chi connectivity index (χ4v) is 3.31. The van der Waals surface area contributed by atoms with Crippen molar-refractivity contribution >= 4 is 0 Å². The first-order valence-corrected chi connectivity index (χ1v) is 7.95. The van der Waals surface area contributed by atoms with E-state index in [1.807, 2.05) is 6.07 Å². The van der Waals surface area contributed by atoms with Crippen molar-refractivity contribution in [3.63, 3.8) is 0 Å². The van der Waals surface area contributed by atoms with Crippen LogP contribution in [-0.4, -0.2) is 38.2 Å². The Bertz CT molecular complexity index is 446. The van der Waals surface area contributed by atoms with Crippen LogP contribution in [0.5, 0.6) is 5.75 Å². The predicted molar refractivity (Wildman–Crippen MR) is 84.2 cm³/mol. The number of hydrogen-bond acceptors (Lipinski definition) is 3. The molecule has 0 saturated carbocycles. The molecule has 0 aliphatic carbocycles. The van der Waals surface area contributed by atoms with Crippen LogP contribution in [0.25, 0.3) is 0 Å². The van der Waals surface area contributed by atoms with Gasteiger partial charge < -0.3 is 10.1 Å². The summed E-state index contributed by atoms with van der Waals surface area (Å²) in [6.45, 7) is 8.30.